The van der Waals surface area contributed by atoms with Crippen LogP contribution in [-0.2, 0) is 14.3 Å². The van der Waals surface area contributed by atoms with Gasteiger partial charge in [0.15, 0.2) is 0 Å². The molecule has 4 heteroatoms. The second-order valence-corrected chi connectivity index (χ2v) is 6.01. The van der Waals surface area contributed by atoms with Crippen LogP contribution in [0.2, 0.25) is 0 Å². The van der Waals surface area contributed by atoms with Crippen molar-refractivity contribution in [1.82, 2.24) is 0 Å². The number of hydrogen-bond acceptors (Lipinski definition) is 4. The Morgan fingerprint density at radius 3 is 2.40 bits per heavy atom. The molecule has 0 aliphatic heterocycles. The molecule has 1 rings (SSSR count). The molecule has 0 radical (unpaired) electrons. The highest BCUT2D eigenvalue weighted by Crippen LogP contribution is 2.28. The Morgan fingerprint density at radius 1 is 1.30 bits per heavy atom. The predicted octanol–water partition coefficient (Wildman–Crippen LogP) is 3.62. The molecular weight excluding hydrogens is 256 g/mol. The van der Waals surface area contributed by atoms with Crippen LogP contribution < -0.4 is 0 Å². The van der Waals surface area contributed by atoms with E-state index in [1.165, 1.54) is 6.92 Å². The quantitative estimate of drug-likeness (QED) is 0.609. The molecule has 0 aliphatic rings. The van der Waals surface area contributed by atoms with Crippen LogP contribution >= 0.6 is 0 Å². The van der Waals surface area contributed by atoms with E-state index in [4.69, 9.17) is 9.15 Å². The summed E-state index contributed by atoms with van der Waals surface area (Å²) in [5.74, 6) is -0.0301. The zero-order chi connectivity index (χ0) is 15.4. The number of carbonyl (C=O) groups excluding carboxylic acids is 2. The minimum atomic E-state index is -1.17. The zero-order valence-corrected chi connectivity index (χ0v) is 12.7. The van der Waals surface area contributed by atoms with Crippen molar-refractivity contribution in [3.8, 4) is 0 Å². The fourth-order valence-corrected chi connectivity index (χ4v) is 1.56. The first-order chi connectivity index (χ1) is 9.15. The number of esters is 1. The van der Waals surface area contributed by atoms with Gasteiger partial charge in [0, 0.05) is 0 Å². The van der Waals surface area contributed by atoms with Gasteiger partial charge < -0.3 is 9.15 Å². The van der Waals surface area contributed by atoms with Gasteiger partial charge in [0.2, 0.25) is 0 Å². The van der Waals surface area contributed by atoms with Gasteiger partial charge in [0.05, 0.1) is 6.26 Å². The van der Waals surface area contributed by atoms with Gasteiger partial charge in [-0.1, -0.05) is 6.08 Å². The number of hydrogen-bond donors (Lipinski definition) is 0. The molecule has 1 aromatic rings. The Morgan fingerprint density at radius 2 is 1.95 bits per heavy atom. The average molecular weight is 278 g/mol. The number of carbonyl (C=O) groups is 2. The van der Waals surface area contributed by atoms with Gasteiger partial charge in [-0.3, -0.25) is 9.59 Å². The first-order valence-electron chi connectivity index (χ1n) is 6.60. The standard InChI is InChI=1S/C16H22O4/c1-12(17)16(5,14(18)20-15(2,3)4)10-6-8-13-9-7-11-19-13/h6-9,11H,10H2,1-5H3/b8-6+/t16-/m0/s1. The smallest absolute Gasteiger partial charge is 0.320 e. The normalized spacial score (nSPS) is 15.1. The van der Waals surface area contributed by atoms with Crippen LogP contribution in [0.4, 0.5) is 0 Å². The van der Waals surface area contributed by atoms with Crippen molar-refractivity contribution >= 4 is 17.8 Å². The second kappa shape index (κ2) is 6.07. The lowest BCUT2D eigenvalue weighted by Gasteiger charge is -2.28. The third-order valence-electron chi connectivity index (χ3n) is 2.98. The average Bonchev–Trinajstić information content (AvgIpc) is 2.79. The van der Waals surface area contributed by atoms with Crippen LogP contribution in [0.3, 0.4) is 0 Å². The van der Waals surface area contributed by atoms with Crippen molar-refractivity contribution in [3.63, 3.8) is 0 Å². The minimum Gasteiger partial charge on any atom is -0.465 e. The molecule has 1 atom stereocenters. The number of ketones is 1. The Labute approximate surface area is 119 Å². The molecule has 1 aromatic heterocycles. The van der Waals surface area contributed by atoms with E-state index in [1.54, 1.807) is 58.2 Å². The summed E-state index contributed by atoms with van der Waals surface area (Å²) in [5.41, 5.74) is -1.78. The Balaban J connectivity index is 2.81. The number of allylic oxidation sites excluding steroid dienone is 1. The number of ether oxygens (including phenoxy) is 1. The Kier molecular flexibility index (Phi) is 4.93. The van der Waals surface area contributed by atoms with E-state index in [-0.39, 0.29) is 12.2 Å². The van der Waals surface area contributed by atoms with E-state index >= 15 is 0 Å². The molecule has 0 fully saturated rings. The van der Waals surface area contributed by atoms with Gasteiger partial charge in [-0.2, -0.15) is 0 Å². The lowest BCUT2D eigenvalue weighted by Crippen LogP contribution is -2.40. The molecule has 4 nitrogen and oxygen atoms in total. The van der Waals surface area contributed by atoms with Crippen molar-refractivity contribution < 1.29 is 18.7 Å². The lowest BCUT2D eigenvalue weighted by atomic mass is 9.82. The van der Waals surface area contributed by atoms with Gasteiger partial charge in [-0.15, -0.1) is 0 Å². The molecule has 0 saturated heterocycles. The number of Topliss-reactive ketones (excluding diaryl/α,β-unsaturated/α-hetero) is 1. The largest absolute Gasteiger partial charge is 0.465 e. The first-order valence-corrected chi connectivity index (χ1v) is 6.60. The Hall–Kier alpha value is -1.84. The lowest BCUT2D eigenvalue weighted by molar-refractivity contribution is -0.168. The summed E-state index contributed by atoms with van der Waals surface area (Å²) < 4.78 is 10.5. The molecule has 20 heavy (non-hydrogen) atoms. The second-order valence-electron chi connectivity index (χ2n) is 6.01. The van der Waals surface area contributed by atoms with E-state index in [9.17, 15) is 9.59 Å². The summed E-state index contributed by atoms with van der Waals surface area (Å²) in [6.07, 6.45) is 5.34. The molecule has 0 unspecified atom stereocenters. The highest BCUT2D eigenvalue weighted by atomic mass is 16.6. The third kappa shape index (κ3) is 4.37. The van der Waals surface area contributed by atoms with Crippen LogP contribution in [0, 0.1) is 5.41 Å². The molecule has 110 valence electrons. The van der Waals surface area contributed by atoms with E-state index in [1.807, 2.05) is 0 Å². The highest BCUT2D eigenvalue weighted by molar-refractivity contribution is 6.02. The van der Waals surface area contributed by atoms with Crippen molar-refractivity contribution in [3.05, 3.63) is 30.2 Å². The third-order valence-corrected chi connectivity index (χ3v) is 2.98. The van der Waals surface area contributed by atoms with Crippen molar-refractivity contribution in [2.45, 2.75) is 46.6 Å². The van der Waals surface area contributed by atoms with Crippen LogP contribution in [0.1, 0.15) is 46.8 Å². The van der Waals surface area contributed by atoms with E-state index in [0.717, 1.165) is 0 Å². The van der Waals surface area contributed by atoms with Gasteiger partial charge in [0.1, 0.15) is 22.6 Å². The zero-order valence-electron chi connectivity index (χ0n) is 12.7. The maximum Gasteiger partial charge on any atom is 0.320 e. The summed E-state index contributed by atoms with van der Waals surface area (Å²) in [6, 6.07) is 3.58. The summed E-state index contributed by atoms with van der Waals surface area (Å²) in [5, 5.41) is 0. The molecule has 0 aromatic carbocycles. The molecule has 0 amide bonds. The van der Waals surface area contributed by atoms with Crippen LogP contribution in [0.25, 0.3) is 6.08 Å². The summed E-state index contributed by atoms with van der Waals surface area (Å²) in [6.45, 7) is 8.36. The fraction of sp³-hybridized carbons (Fsp3) is 0.500. The molecule has 0 N–H and O–H groups in total. The van der Waals surface area contributed by atoms with Gasteiger partial charge >= 0.3 is 5.97 Å². The van der Waals surface area contributed by atoms with E-state index in [0.29, 0.717) is 5.76 Å². The molecule has 0 saturated carbocycles. The van der Waals surface area contributed by atoms with Crippen LogP contribution in [0.5, 0.6) is 0 Å². The maximum atomic E-state index is 12.2. The maximum absolute atomic E-state index is 12.2. The summed E-state index contributed by atoms with van der Waals surface area (Å²) >= 11 is 0. The number of furan rings is 1. The van der Waals surface area contributed by atoms with E-state index < -0.39 is 17.0 Å². The topological polar surface area (TPSA) is 56.5 Å². The molecule has 1 heterocycles. The molecule has 0 spiro atoms. The minimum absolute atomic E-state index is 0.212. The number of rotatable bonds is 5. The van der Waals surface area contributed by atoms with Gasteiger partial charge in [-0.05, 0) is 59.2 Å². The summed E-state index contributed by atoms with van der Waals surface area (Å²) in [4.78, 5) is 24.0. The fourth-order valence-electron chi connectivity index (χ4n) is 1.56. The van der Waals surface area contributed by atoms with Gasteiger partial charge in [0.25, 0.3) is 0 Å². The van der Waals surface area contributed by atoms with E-state index in [2.05, 4.69) is 0 Å². The predicted molar refractivity (Wildman–Crippen MR) is 77.0 cm³/mol. The van der Waals surface area contributed by atoms with Crippen LogP contribution in [0.15, 0.2) is 28.9 Å². The Bertz CT molecular complexity index is 491. The monoisotopic (exact) mass is 278 g/mol. The SMILES string of the molecule is CC(=O)[C@](C)(C/C=C/c1ccco1)C(=O)OC(C)(C)C. The van der Waals surface area contributed by atoms with Crippen molar-refractivity contribution in [2.24, 2.45) is 5.41 Å². The molecule has 0 bridgehead atoms. The molecule has 0 aliphatic carbocycles. The van der Waals surface area contributed by atoms with Gasteiger partial charge in [-0.25, -0.2) is 0 Å². The first kappa shape index (κ1) is 16.2. The highest BCUT2D eigenvalue weighted by Gasteiger charge is 2.40. The van der Waals surface area contributed by atoms with Crippen LogP contribution in [-0.4, -0.2) is 17.4 Å². The van der Waals surface area contributed by atoms with Crippen molar-refractivity contribution in [1.29, 1.82) is 0 Å². The molecular formula is C16H22O4. The van der Waals surface area contributed by atoms with Crippen molar-refractivity contribution in [2.75, 3.05) is 0 Å². The summed E-state index contributed by atoms with van der Waals surface area (Å²) in [7, 11) is 0.